The van der Waals surface area contributed by atoms with Crippen LogP contribution in [0.4, 0.5) is 5.69 Å². The fraction of sp³-hybridized carbons (Fsp3) is 0.333. The van der Waals surface area contributed by atoms with Crippen LogP contribution in [0.2, 0.25) is 0 Å². The Hall–Kier alpha value is -2.10. The van der Waals surface area contributed by atoms with Crippen LogP contribution in [-0.4, -0.2) is 46.2 Å². The zero-order valence-electron chi connectivity index (χ0n) is 15.2. The van der Waals surface area contributed by atoms with Crippen molar-refractivity contribution in [2.45, 2.75) is 6.04 Å². The van der Waals surface area contributed by atoms with E-state index in [2.05, 4.69) is 104 Å². The van der Waals surface area contributed by atoms with Gasteiger partial charge in [-0.2, -0.15) is 0 Å². The van der Waals surface area contributed by atoms with Crippen LogP contribution in [-0.2, 0) is 0 Å². The predicted molar refractivity (Wildman–Crippen MR) is 106 cm³/mol. The molecule has 0 saturated carbocycles. The molecule has 0 aliphatic carbocycles. The van der Waals surface area contributed by atoms with Crippen molar-refractivity contribution >= 4 is 11.8 Å². The molecular formula is C21H29N3. The summed E-state index contributed by atoms with van der Waals surface area (Å²) in [6.07, 6.45) is 4.33. The Morgan fingerprint density at radius 1 is 0.917 bits per heavy atom. The summed E-state index contributed by atoms with van der Waals surface area (Å²) in [6.45, 7) is 1.79. The van der Waals surface area contributed by atoms with Crippen molar-refractivity contribution in [1.29, 1.82) is 0 Å². The molecule has 0 aliphatic heterocycles. The van der Waals surface area contributed by atoms with Gasteiger partial charge in [0, 0.05) is 38.9 Å². The SMILES string of the molecule is CN(C)c1ccc(C(CNC/C=C/c2ccccc2)N(C)C)cc1. The number of anilines is 1. The molecule has 24 heavy (non-hydrogen) atoms. The second kappa shape index (κ2) is 9.26. The van der Waals surface area contributed by atoms with Crippen molar-refractivity contribution < 1.29 is 0 Å². The average molecular weight is 323 g/mol. The number of nitrogens with zero attached hydrogens (tertiary/aromatic N) is 2. The molecule has 0 aromatic heterocycles. The van der Waals surface area contributed by atoms with Crippen molar-refractivity contribution in [1.82, 2.24) is 10.2 Å². The van der Waals surface area contributed by atoms with Gasteiger partial charge in [0.2, 0.25) is 0 Å². The number of rotatable bonds is 8. The lowest BCUT2D eigenvalue weighted by atomic mass is 10.1. The van der Waals surface area contributed by atoms with E-state index in [-0.39, 0.29) is 0 Å². The van der Waals surface area contributed by atoms with Crippen LogP contribution in [0.25, 0.3) is 6.08 Å². The number of nitrogens with one attached hydrogen (secondary N) is 1. The van der Waals surface area contributed by atoms with Crippen LogP contribution >= 0.6 is 0 Å². The van der Waals surface area contributed by atoms with E-state index in [4.69, 9.17) is 0 Å². The van der Waals surface area contributed by atoms with Gasteiger partial charge in [-0.1, -0.05) is 54.6 Å². The molecule has 0 spiro atoms. The summed E-state index contributed by atoms with van der Waals surface area (Å²) in [5.74, 6) is 0. The van der Waals surface area contributed by atoms with Crippen LogP contribution < -0.4 is 10.2 Å². The number of likely N-dealkylation sites (N-methyl/N-ethyl adjacent to an activating group) is 1. The van der Waals surface area contributed by atoms with E-state index in [1.165, 1.54) is 16.8 Å². The second-order valence-corrected chi connectivity index (χ2v) is 6.44. The maximum atomic E-state index is 3.53. The fourth-order valence-electron chi connectivity index (χ4n) is 2.66. The van der Waals surface area contributed by atoms with Gasteiger partial charge in [0.25, 0.3) is 0 Å². The van der Waals surface area contributed by atoms with Crippen molar-refractivity contribution in [2.75, 3.05) is 46.2 Å². The lowest BCUT2D eigenvalue weighted by Crippen LogP contribution is -2.31. The van der Waals surface area contributed by atoms with Gasteiger partial charge in [0.1, 0.15) is 0 Å². The molecule has 2 aromatic rings. The highest BCUT2D eigenvalue weighted by Gasteiger charge is 2.13. The molecule has 0 saturated heterocycles. The van der Waals surface area contributed by atoms with Gasteiger partial charge in [0.15, 0.2) is 0 Å². The van der Waals surface area contributed by atoms with Gasteiger partial charge in [-0.15, -0.1) is 0 Å². The summed E-state index contributed by atoms with van der Waals surface area (Å²) in [7, 11) is 8.40. The van der Waals surface area contributed by atoms with E-state index in [9.17, 15) is 0 Å². The largest absolute Gasteiger partial charge is 0.378 e. The second-order valence-electron chi connectivity index (χ2n) is 6.44. The number of hydrogen-bond acceptors (Lipinski definition) is 3. The van der Waals surface area contributed by atoms with Crippen molar-refractivity contribution in [3.63, 3.8) is 0 Å². The van der Waals surface area contributed by atoms with Gasteiger partial charge in [-0.3, -0.25) is 0 Å². The Morgan fingerprint density at radius 2 is 1.58 bits per heavy atom. The summed E-state index contributed by atoms with van der Waals surface area (Å²) >= 11 is 0. The maximum Gasteiger partial charge on any atom is 0.0466 e. The molecule has 1 atom stereocenters. The standard InChI is InChI=1S/C21H29N3/c1-23(2)20-14-12-19(13-15-20)21(24(3)4)17-22-16-8-11-18-9-6-5-7-10-18/h5-15,21-22H,16-17H2,1-4H3/b11-8+. The first-order valence-electron chi connectivity index (χ1n) is 8.44. The third-order valence-corrected chi connectivity index (χ3v) is 4.13. The monoisotopic (exact) mass is 323 g/mol. The highest BCUT2D eigenvalue weighted by atomic mass is 15.1. The highest BCUT2D eigenvalue weighted by Crippen LogP contribution is 2.20. The highest BCUT2D eigenvalue weighted by molar-refractivity contribution is 5.49. The topological polar surface area (TPSA) is 18.5 Å². The van der Waals surface area contributed by atoms with Crippen LogP contribution in [0, 0.1) is 0 Å². The van der Waals surface area contributed by atoms with Gasteiger partial charge in [-0.05, 0) is 37.4 Å². The minimum absolute atomic E-state index is 0.367. The lowest BCUT2D eigenvalue weighted by molar-refractivity contribution is 0.291. The van der Waals surface area contributed by atoms with E-state index < -0.39 is 0 Å². The van der Waals surface area contributed by atoms with Gasteiger partial charge in [-0.25, -0.2) is 0 Å². The molecule has 128 valence electrons. The average Bonchev–Trinajstić information content (AvgIpc) is 2.59. The molecule has 2 aromatic carbocycles. The molecule has 2 rings (SSSR count). The van der Waals surface area contributed by atoms with Crippen molar-refractivity contribution in [3.8, 4) is 0 Å². The summed E-state index contributed by atoms with van der Waals surface area (Å²) in [6, 6.07) is 19.6. The van der Waals surface area contributed by atoms with E-state index in [0.29, 0.717) is 6.04 Å². The van der Waals surface area contributed by atoms with E-state index in [1.807, 2.05) is 6.07 Å². The normalized spacial score (nSPS) is 12.7. The summed E-state index contributed by atoms with van der Waals surface area (Å²) in [4.78, 5) is 4.39. The first kappa shape index (κ1) is 18.2. The molecule has 1 N–H and O–H groups in total. The Labute approximate surface area is 146 Å². The van der Waals surface area contributed by atoms with Crippen molar-refractivity contribution in [3.05, 3.63) is 71.8 Å². The third-order valence-electron chi connectivity index (χ3n) is 4.13. The summed E-state index contributed by atoms with van der Waals surface area (Å²) in [5, 5.41) is 3.53. The molecule has 3 nitrogen and oxygen atoms in total. The minimum Gasteiger partial charge on any atom is -0.378 e. The lowest BCUT2D eigenvalue weighted by Gasteiger charge is -2.25. The van der Waals surface area contributed by atoms with E-state index >= 15 is 0 Å². The van der Waals surface area contributed by atoms with Gasteiger partial charge >= 0.3 is 0 Å². The van der Waals surface area contributed by atoms with Crippen LogP contribution in [0.5, 0.6) is 0 Å². The van der Waals surface area contributed by atoms with Crippen LogP contribution in [0.1, 0.15) is 17.2 Å². The molecule has 0 aliphatic rings. The molecule has 1 unspecified atom stereocenters. The maximum absolute atomic E-state index is 3.53. The molecule has 0 fully saturated rings. The fourth-order valence-corrected chi connectivity index (χ4v) is 2.66. The Kier molecular flexibility index (Phi) is 7.04. The quantitative estimate of drug-likeness (QED) is 0.748. The summed E-state index contributed by atoms with van der Waals surface area (Å²) < 4.78 is 0. The molecular weight excluding hydrogens is 294 g/mol. The Bertz CT molecular complexity index is 615. The number of benzene rings is 2. The predicted octanol–water partition coefficient (Wildman–Crippen LogP) is 3.66. The first-order valence-corrected chi connectivity index (χ1v) is 8.44. The Morgan fingerprint density at radius 3 is 2.17 bits per heavy atom. The van der Waals surface area contributed by atoms with Crippen molar-refractivity contribution in [2.24, 2.45) is 0 Å². The zero-order valence-corrected chi connectivity index (χ0v) is 15.2. The molecule has 3 heteroatoms. The third kappa shape index (κ3) is 5.52. The Balaban J connectivity index is 1.88. The molecule has 0 heterocycles. The smallest absolute Gasteiger partial charge is 0.0466 e. The first-order chi connectivity index (χ1) is 11.6. The minimum atomic E-state index is 0.367. The molecule has 0 radical (unpaired) electrons. The zero-order chi connectivity index (χ0) is 17.4. The molecule has 0 bridgehead atoms. The van der Waals surface area contributed by atoms with E-state index in [0.717, 1.165) is 13.1 Å². The van der Waals surface area contributed by atoms with Gasteiger partial charge in [0.05, 0.1) is 0 Å². The number of hydrogen-bond donors (Lipinski definition) is 1. The van der Waals surface area contributed by atoms with Crippen LogP contribution in [0.15, 0.2) is 60.7 Å². The van der Waals surface area contributed by atoms with Crippen LogP contribution in [0.3, 0.4) is 0 Å². The summed E-state index contributed by atoms with van der Waals surface area (Å²) in [5.41, 5.74) is 3.81. The van der Waals surface area contributed by atoms with E-state index in [1.54, 1.807) is 0 Å². The van der Waals surface area contributed by atoms with Gasteiger partial charge < -0.3 is 15.1 Å². The molecule has 0 amide bonds.